The molecule has 2 saturated heterocycles. The average Bonchev–Trinajstić information content (AvgIpc) is 0.783. The van der Waals surface area contributed by atoms with Crippen LogP contribution in [0.2, 0.25) is 36.3 Å². The molecule has 0 bridgehead atoms. The Labute approximate surface area is 606 Å². The van der Waals surface area contributed by atoms with E-state index in [1.807, 2.05) is 84.9 Å². The van der Waals surface area contributed by atoms with Crippen molar-refractivity contribution in [3.05, 3.63) is 211 Å². The molecule has 4 amide bonds. The number of phenolic OH excluding ortho intramolecular Hbond substituents is 2. The van der Waals surface area contributed by atoms with E-state index in [4.69, 9.17) is 13.6 Å². The third-order valence-electron chi connectivity index (χ3n) is 20.9. The average molecular weight is 1440 g/mol. The van der Waals surface area contributed by atoms with Crippen LogP contribution in [0, 0.1) is 0 Å². The van der Waals surface area contributed by atoms with E-state index in [0.29, 0.717) is 98.7 Å². The number of amides is 4. The van der Waals surface area contributed by atoms with Crippen LogP contribution in [0.25, 0.3) is 21.8 Å². The third kappa shape index (κ3) is 21.3. The molecule has 2 aromatic heterocycles. The van der Waals surface area contributed by atoms with Crippen LogP contribution in [0.1, 0.15) is 146 Å². The van der Waals surface area contributed by atoms with Crippen molar-refractivity contribution in [3.63, 3.8) is 0 Å². The summed E-state index contributed by atoms with van der Waals surface area (Å²) in [5.41, 5.74) is 7.90. The number of carbonyl (C=O) groups excluding carboxylic acids is 4. The summed E-state index contributed by atoms with van der Waals surface area (Å²) in [5.74, 6) is -0.588. The van der Waals surface area contributed by atoms with E-state index in [1.165, 1.54) is 12.1 Å². The summed E-state index contributed by atoms with van der Waals surface area (Å²) >= 11 is 0. The highest BCUT2D eigenvalue weighted by Gasteiger charge is 2.41. The number of aromatic amines is 2. The number of nitrogens with one attached hydrogen (secondary N) is 8. The molecule has 8 aromatic rings. The SMILES string of the molecule is CC(C)(C)[Si](C)(C)O[C@@H](CNCc1ccc(NC(=O)c2cccc(CNC(=O)CCN3CCC(OC4CCN(CCC(=O)NCc5cccc(C(=O)Nc6ccc(CNC[C@H](O[Si](C)(C)C(C)(C)C)c7ccc(O)c8[nH]c(=O)ccc78)cc6)c5)CC4)CC3)c2)cc1)c1ccc(O)c2[nH]c(=O)ccc12. The van der Waals surface area contributed by atoms with E-state index in [2.05, 4.69) is 119 Å². The van der Waals surface area contributed by atoms with Gasteiger partial charge < -0.3 is 75.5 Å². The van der Waals surface area contributed by atoms with Crippen LogP contribution < -0.4 is 43.0 Å². The molecule has 6 aromatic carbocycles. The molecule has 0 radical (unpaired) electrons. The van der Waals surface area contributed by atoms with Gasteiger partial charge in [0.25, 0.3) is 11.8 Å². The lowest BCUT2D eigenvalue weighted by Gasteiger charge is -2.39. The van der Waals surface area contributed by atoms with Gasteiger partial charge >= 0.3 is 0 Å². The monoisotopic (exact) mass is 1440 g/mol. The molecule has 0 aliphatic carbocycles. The second-order valence-electron chi connectivity index (χ2n) is 30.5. The molecule has 2 aliphatic rings. The van der Waals surface area contributed by atoms with Gasteiger partial charge in [0.2, 0.25) is 22.9 Å². The summed E-state index contributed by atoms with van der Waals surface area (Å²) in [6, 6.07) is 43.3. The van der Waals surface area contributed by atoms with Gasteiger partial charge in [-0.3, -0.25) is 28.8 Å². The molecule has 10 N–H and O–H groups in total. The summed E-state index contributed by atoms with van der Waals surface area (Å²) in [5, 5.41) is 41.8. The lowest BCUT2D eigenvalue weighted by molar-refractivity contribution is -0.122. The number of piperidine rings is 2. The molecule has 103 heavy (non-hydrogen) atoms. The Morgan fingerprint density at radius 1 is 0.495 bits per heavy atom. The van der Waals surface area contributed by atoms with E-state index in [1.54, 1.807) is 48.5 Å². The number of pyridine rings is 2. The van der Waals surface area contributed by atoms with E-state index < -0.39 is 16.6 Å². The molecule has 0 unspecified atom stereocenters. The normalized spacial score (nSPS) is 15.2. The molecular formula is C80H104N10O11Si2. The number of carbonyl (C=O) groups is 4. The maximum absolute atomic E-state index is 13.4. The number of nitrogens with zero attached hydrogens (tertiary/aromatic N) is 2. The summed E-state index contributed by atoms with van der Waals surface area (Å²) in [6.45, 7) is 29.4. The Morgan fingerprint density at radius 2 is 0.874 bits per heavy atom. The first-order valence-electron chi connectivity index (χ1n) is 36.1. The third-order valence-corrected chi connectivity index (χ3v) is 29.8. The quantitative estimate of drug-likeness (QED) is 0.0187. The molecular weight excluding hydrogens is 1330 g/mol. The van der Waals surface area contributed by atoms with Gasteiger partial charge in [0.05, 0.1) is 35.4 Å². The zero-order chi connectivity index (χ0) is 73.6. The van der Waals surface area contributed by atoms with Crippen LogP contribution in [0.15, 0.2) is 155 Å². The maximum atomic E-state index is 13.4. The van der Waals surface area contributed by atoms with Crippen molar-refractivity contribution < 1.29 is 43.0 Å². The van der Waals surface area contributed by atoms with Gasteiger partial charge in [-0.25, -0.2) is 0 Å². The molecule has 23 heteroatoms. The van der Waals surface area contributed by atoms with Gasteiger partial charge in [-0.15, -0.1) is 0 Å². The fourth-order valence-corrected chi connectivity index (χ4v) is 15.2. The molecule has 0 spiro atoms. The number of hydrogen-bond acceptors (Lipinski definition) is 15. The Hall–Kier alpha value is -8.63. The van der Waals surface area contributed by atoms with Gasteiger partial charge in [0, 0.05) is 137 Å². The molecule has 2 atom stereocenters. The molecule has 4 heterocycles. The largest absolute Gasteiger partial charge is 0.506 e. The predicted octanol–water partition coefficient (Wildman–Crippen LogP) is 12.6. The van der Waals surface area contributed by atoms with Gasteiger partial charge in [0.1, 0.15) is 11.5 Å². The standard InChI is InChI=1S/C80H104N10O11Si2/c1-79(2,3)102(7,8)100-69(63-25-29-67(91)75-65(63)27-31-73(95)87-75)51-81-47-53-17-21-59(22-18-53)85-77(97)57-15-11-13-55(45-57)49-83-71(93)37-43-89-39-33-61(34-40-89)99-62-35-41-90(42-36-62)44-38-72(94)84-50-56-14-12-16-58(46-56)78(98)86-60-23-19-54(20-24-60)48-82-52-70(101-103(9,10)80(4,5)6)64-26-30-68(92)76-66(64)28-32-74(96)88-76/h11-32,45-46,61-62,69-70,81-82,91-92H,33-44,47-52H2,1-10H3,(H,83,93)(H,84,94)(H,85,97)(H,86,98)(H,87,95)(H,88,96)/t69-,70-/m0/s1. The summed E-state index contributed by atoms with van der Waals surface area (Å²) in [7, 11) is -4.51. The Balaban J connectivity index is 0.576. The maximum Gasteiger partial charge on any atom is 0.255 e. The van der Waals surface area contributed by atoms with Crippen LogP contribution in [0.4, 0.5) is 11.4 Å². The van der Waals surface area contributed by atoms with Crippen molar-refractivity contribution in [1.29, 1.82) is 0 Å². The first-order chi connectivity index (χ1) is 49.0. The Kier molecular flexibility index (Phi) is 25.7. The first kappa shape index (κ1) is 77.0. The zero-order valence-electron chi connectivity index (χ0n) is 61.4. The highest BCUT2D eigenvalue weighted by Crippen LogP contribution is 2.43. The molecule has 21 nitrogen and oxygen atoms in total. The Morgan fingerprint density at radius 3 is 1.24 bits per heavy atom. The molecule has 0 saturated carbocycles. The predicted molar refractivity (Wildman–Crippen MR) is 413 cm³/mol. The summed E-state index contributed by atoms with van der Waals surface area (Å²) < 4.78 is 20.5. The number of fused-ring (bicyclic) bond motifs is 2. The van der Waals surface area contributed by atoms with Crippen LogP contribution in [0.3, 0.4) is 0 Å². The van der Waals surface area contributed by atoms with Crippen molar-refractivity contribution in [2.75, 3.05) is 63.0 Å². The number of ether oxygens (including phenoxy) is 1. The minimum atomic E-state index is -2.25. The number of aromatic hydroxyl groups is 2. The number of aromatic nitrogens is 2. The second-order valence-corrected chi connectivity index (χ2v) is 40.1. The van der Waals surface area contributed by atoms with Crippen molar-refractivity contribution in [2.24, 2.45) is 0 Å². The van der Waals surface area contributed by atoms with E-state index in [-0.39, 0.29) is 80.7 Å². The van der Waals surface area contributed by atoms with Gasteiger partial charge in [-0.1, -0.05) is 102 Å². The van der Waals surface area contributed by atoms with Gasteiger partial charge in [-0.2, -0.15) is 0 Å². The molecule has 10 rings (SSSR count). The van der Waals surface area contributed by atoms with Crippen molar-refractivity contribution in [2.45, 2.75) is 167 Å². The van der Waals surface area contributed by atoms with Crippen molar-refractivity contribution >= 4 is 73.4 Å². The smallest absolute Gasteiger partial charge is 0.255 e. The zero-order valence-corrected chi connectivity index (χ0v) is 63.4. The van der Waals surface area contributed by atoms with Crippen molar-refractivity contribution in [3.8, 4) is 11.5 Å². The number of rotatable bonds is 30. The topological polar surface area (TPSA) is 281 Å². The highest BCUT2D eigenvalue weighted by atomic mass is 28.4. The number of benzene rings is 6. The van der Waals surface area contributed by atoms with Gasteiger partial charge in [-0.05, 0) is 168 Å². The molecule has 2 aliphatic heterocycles. The first-order valence-corrected chi connectivity index (χ1v) is 41.9. The molecule has 548 valence electrons. The van der Waals surface area contributed by atoms with Crippen LogP contribution in [-0.4, -0.2) is 135 Å². The van der Waals surface area contributed by atoms with Crippen LogP contribution in [0.5, 0.6) is 11.5 Å². The van der Waals surface area contributed by atoms with E-state index >= 15 is 0 Å². The number of hydrogen-bond donors (Lipinski definition) is 10. The molecule has 2 fully saturated rings. The number of anilines is 2. The van der Waals surface area contributed by atoms with Crippen LogP contribution in [-0.2, 0) is 49.4 Å². The lowest BCUT2D eigenvalue weighted by Crippen LogP contribution is -2.43. The fraction of sp³-hybridized carbons (Fsp3) is 0.425. The Bertz CT molecular complexity index is 4090. The lowest BCUT2D eigenvalue weighted by atomic mass is 10.0. The number of H-pyrrole nitrogens is 2. The highest BCUT2D eigenvalue weighted by molar-refractivity contribution is 6.74. The minimum absolute atomic E-state index is 0.00485. The van der Waals surface area contributed by atoms with E-state index in [9.17, 15) is 39.0 Å². The van der Waals surface area contributed by atoms with E-state index in [0.717, 1.165) is 96.0 Å². The number of phenols is 2. The van der Waals surface area contributed by atoms with Gasteiger partial charge in [0.15, 0.2) is 16.6 Å². The fourth-order valence-electron chi connectivity index (χ4n) is 12.6. The minimum Gasteiger partial charge on any atom is -0.506 e. The summed E-state index contributed by atoms with van der Waals surface area (Å²) in [6.07, 6.45) is 4.03. The number of likely N-dealkylation sites (tertiary alicyclic amines) is 2. The summed E-state index contributed by atoms with van der Waals surface area (Å²) in [4.78, 5) is 87.6. The second kappa shape index (κ2) is 34.3. The van der Waals surface area contributed by atoms with Crippen LogP contribution >= 0.6 is 0 Å². The van der Waals surface area contributed by atoms with Crippen molar-refractivity contribution in [1.82, 2.24) is 41.0 Å².